The topological polar surface area (TPSA) is 106 Å². The van der Waals surface area contributed by atoms with Gasteiger partial charge in [-0.2, -0.15) is 0 Å². The third-order valence-electron chi connectivity index (χ3n) is 9.52. The normalized spacial score (nSPS) is 39.1. The molecule has 0 bridgehead atoms. The molecule has 9 atom stereocenters. The molecule has 2 aliphatic heterocycles. The van der Waals surface area contributed by atoms with Gasteiger partial charge < -0.3 is 24.2 Å². The van der Waals surface area contributed by atoms with Gasteiger partial charge >= 0.3 is 17.9 Å². The molecule has 2 saturated carbocycles. The first-order chi connectivity index (χ1) is 18.1. The van der Waals surface area contributed by atoms with E-state index in [2.05, 4.69) is 28.9 Å². The number of hydrogen-bond acceptors (Lipinski definition) is 9. The molecule has 0 unspecified atom stereocenters. The Morgan fingerprint density at radius 3 is 2.34 bits per heavy atom. The van der Waals surface area contributed by atoms with Crippen LogP contribution >= 0.6 is 0 Å². The van der Waals surface area contributed by atoms with E-state index in [-0.39, 0.29) is 17.8 Å². The monoisotopic (exact) mass is 528 g/mol. The smallest absolute Gasteiger partial charge is 0.311 e. The van der Waals surface area contributed by atoms with Crippen molar-refractivity contribution in [2.45, 2.75) is 65.0 Å². The molecule has 4 aliphatic rings. The number of carbonyl (C=O) groups excluding carboxylic acids is 3. The van der Waals surface area contributed by atoms with Crippen LogP contribution in [0.15, 0.2) is 30.3 Å². The number of piperazine rings is 1. The number of anilines is 1. The molecule has 2 heterocycles. The molecular formula is C29H40N2O7. The predicted molar refractivity (Wildman–Crippen MR) is 139 cm³/mol. The highest BCUT2D eigenvalue weighted by Gasteiger charge is 2.67. The Balaban J connectivity index is 1.37. The Kier molecular flexibility index (Phi) is 7.44. The van der Waals surface area contributed by atoms with E-state index in [4.69, 9.17) is 14.2 Å². The van der Waals surface area contributed by atoms with Gasteiger partial charge in [-0.25, -0.2) is 0 Å². The molecule has 0 amide bonds. The zero-order valence-electron chi connectivity index (χ0n) is 22.7. The van der Waals surface area contributed by atoms with Crippen molar-refractivity contribution in [1.29, 1.82) is 0 Å². The summed E-state index contributed by atoms with van der Waals surface area (Å²) in [5, 5.41) is 12.1. The Labute approximate surface area is 224 Å². The van der Waals surface area contributed by atoms with Crippen molar-refractivity contribution < 1.29 is 33.7 Å². The molecule has 2 saturated heterocycles. The number of aliphatic hydroxyl groups is 1. The van der Waals surface area contributed by atoms with Crippen molar-refractivity contribution in [3.8, 4) is 0 Å². The molecule has 5 rings (SSSR count). The fourth-order valence-electron chi connectivity index (χ4n) is 7.89. The first-order valence-electron chi connectivity index (χ1n) is 13.8. The van der Waals surface area contributed by atoms with Crippen LogP contribution in [0.2, 0.25) is 0 Å². The Morgan fingerprint density at radius 2 is 1.71 bits per heavy atom. The summed E-state index contributed by atoms with van der Waals surface area (Å²) < 4.78 is 17.4. The minimum absolute atomic E-state index is 0.0180. The molecule has 1 aromatic carbocycles. The van der Waals surface area contributed by atoms with Crippen molar-refractivity contribution in [2.75, 3.05) is 37.6 Å². The summed E-state index contributed by atoms with van der Waals surface area (Å²) in [4.78, 5) is 41.8. The lowest BCUT2D eigenvalue weighted by Crippen LogP contribution is -2.53. The highest BCUT2D eigenvalue weighted by Crippen LogP contribution is 2.59. The van der Waals surface area contributed by atoms with Gasteiger partial charge in [-0.05, 0) is 24.5 Å². The maximum atomic E-state index is 13.2. The lowest BCUT2D eigenvalue weighted by molar-refractivity contribution is -0.165. The van der Waals surface area contributed by atoms with Crippen molar-refractivity contribution in [3.63, 3.8) is 0 Å². The van der Waals surface area contributed by atoms with Crippen LogP contribution < -0.4 is 4.90 Å². The molecule has 2 aliphatic carbocycles. The van der Waals surface area contributed by atoms with E-state index in [1.807, 2.05) is 25.1 Å². The summed E-state index contributed by atoms with van der Waals surface area (Å²) >= 11 is 0. The number of rotatable bonds is 5. The van der Waals surface area contributed by atoms with Crippen LogP contribution in [0.1, 0.15) is 40.5 Å². The number of hydrogen-bond donors (Lipinski definition) is 1. The quantitative estimate of drug-likeness (QED) is 0.455. The van der Waals surface area contributed by atoms with E-state index >= 15 is 0 Å². The van der Waals surface area contributed by atoms with Gasteiger partial charge in [-0.15, -0.1) is 0 Å². The molecule has 38 heavy (non-hydrogen) atoms. The zero-order chi connectivity index (χ0) is 27.2. The maximum Gasteiger partial charge on any atom is 0.311 e. The van der Waals surface area contributed by atoms with Crippen molar-refractivity contribution >= 4 is 23.6 Å². The molecule has 0 aromatic heterocycles. The summed E-state index contributed by atoms with van der Waals surface area (Å²) in [6, 6.07) is 10.3. The van der Waals surface area contributed by atoms with Crippen LogP contribution in [-0.4, -0.2) is 85.1 Å². The number of carbonyl (C=O) groups is 3. The number of benzene rings is 1. The maximum absolute atomic E-state index is 13.2. The zero-order valence-corrected chi connectivity index (χ0v) is 22.7. The third kappa shape index (κ3) is 4.79. The van der Waals surface area contributed by atoms with Crippen molar-refractivity contribution in [2.24, 2.45) is 29.1 Å². The Morgan fingerprint density at radius 1 is 1.05 bits per heavy atom. The standard InChI is InChI=1S/C29H40N2O7/c1-17-14-22-25(27(34)29(4)24(37-19(3)33)15-23(26(17)29)36-18(2)32)21(28(35)38-22)16-30-10-12-31(13-11-30)20-8-6-5-7-9-20/h5-9,17,21-27,34H,10-16H2,1-4H3/t17-,21-,22+,23-,24-,25+,26-,27-,29-/m0/s1. The molecule has 9 heteroatoms. The first-order valence-corrected chi connectivity index (χ1v) is 13.8. The summed E-state index contributed by atoms with van der Waals surface area (Å²) in [7, 11) is 0. The SMILES string of the molecule is CC(=O)O[C@H]1C[C@H](OC(C)=O)[C@@]2(C)[C@H]1[C@@H](C)C[C@H]1OC(=O)[C@@H](CN3CCN(c4ccccc4)CC3)[C@H]1[C@@H]2O. The lowest BCUT2D eigenvalue weighted by Gasteiger charge is -2.44. The molecule has 4 fully saturated rings. The van der Waals surface area contributed by atoms with Gasteiger partial charge in [0, 0.05) is 75.9 Å². The number of nitrogens with zero attached hydrogens (tertiary/aromatic N) is 2. The molecule has 208 valence electrons. The Bertz CT molecular complexity index is 1040. The van der Waals surface area contributed by atoms with Crippen LogP contribution in [0.4, 0.5) is 5.69 Å². The molecule has 9 nitrogen and oxygen atoms in total. The lowest BCUT2D eigenvalue weighted by atomic mass is 9.66. The van der Waals surface area contributed by atoms with Crippen LogP contribution in [0.5, 0.6) is 0 Å². The fourth-order valence-corrected chi connectivity index (χ4v) is 7.89. The summed E-state index contributed by atoms with van der Waals surface area (Å²) in [6.07, 6.45) is -1.60. The fraction of sp³-hybridized carbons (Fsp3) is 0.690. The molecule has 0 radical (unpaired) electrons. The summed E-state index contributed by atoms with van der Waals surface area (Å²) in [5.74, 6) is -2.26. The van der Waals surface area contributed by atoms with Crippen LogP contribution in [0.3, 0.4) is 0 Å². The molecule has 1 aromatic rings. The van der Waals surface area contributed by atoms with Crippen LogP contribution in [0, 0.1) is 29.1 Å². The van der Waals surface area contributed by atoms with E-state index in [1.165, 1.54) is 19.5 Å². The summed E-state index contributed by atoms with van der Waals surface area (Å²) in [5.41, 5.74) is 0.308. The van der Waals surface area contributed by atoms with Crippen molar-refractivity contribution in [1.82, 2.24) is 4.90 Å². The van der Waals surface area contributed by atoms with Crippen LogP contribution in [-0.2, 0) is 28.6 Å². The van der Waals surface area contributed by atoms with Gasteiger partial charge in [-0.3, -0.25) is 19.3 Å². The molecule has 0 spiro atoms. The number of ether oxygens (including phenoxy) is 3. The number of para-hydroxylation sites is 1. The average molecular weight is 529 g/mol. The van der Waals surface area contributed by atoms with E-state index < -0.39 is 53.6 Å². The first kappa shape index (κ1) is 26.9. The number of aliphatic hydroxyl groups excluding tert-OH is 1. The summed E-state index contributed by atoms with van der Waals surface area (Å²) in [6.45, 7) is 10.6. The highest BCUT2D eigenvalue weighted by atomic mass is 16.6. The number of esters is 3. The van der Waals surface area contributed by atoms with Crippen LogP contribution in [0.25, 0.3) is 0 Å². The largest absolute Gasteiger partial charge is 0.462 e. The van der Waals surface area contributed by atoms with Gasteiger partial charge in [0.05, 0.1) is 12.0 Å². The van der Waals surface area contributed by atoms with Gasteiger partial charge in [0.25, 0.3) is 0 Å². The second-order valence-electron chi connectivity index (χ2n) is 11.8. The van der Waals surface area contributed by atoms with Gasteiger partial charge in [0.2, 0.25) is 0 Å². The predicted octanol–water partition coefficient (Wildman–Crippen LogP) is 2.26. The minimum Gasteiger partial charge on any atom is -0.462 e. The minimum atomic E-state index is -0.964. The number of fused-ring (bicyclic) bond motifs is 2. The molecule has 1 N–H and O–H groups in total. The van der Waals surface area contributed by atoms with Crippen molar-refractivity contribution in [3.05, 3.63) is 30.3 Å². The van der Waals surface area contributed by atoms with E-state index in [0.29, 0.717) is 19.4 Å². The van der Waals surface area contributed by atoms with Gasteiger partial charge in [0.1, 0.15) is 18.3 Å². The second kappa shape index (κ2) is 10.5. The second-order valence-corrected chi connectivity index (χ2v) is 11.8. The van der Waals surface area contributed by atoms with Gasteiger partial charge in [-0.1, -0.05) is 32.0 Å². The van der Waals surface area contributed by atoms with E-state index in [1.54, 1.807) is 0 Å². The Hall–Kier alpha value is -2.65. The van der Waals surface area contributed by atoms with Gasteiger partial charge in [0.15, 0.2) is 0 Å². The van der Waals surface area contributed by atoms with E-state index in [9.17, 15) is 19.5 Å². The highest BCUT2D eigenvalue weighted by molar-refractivity contribution is 5.76. The van der Waals surface area contributed by atoms with E-state index in [0.717, 1.165) is 26.2 Å². The average Bonchev–Trinajstić information content (AvgIpc) is 3.28. The third-order valence-corrected chi connectivity index (χ3v) is 9.52. The molecular weight excluding hydrogens is 488 g/mol.